The van der Waals surface area contributed by atoms with Gasteiger partial charge in [-0.25, -0.2) is 4.98 Å². The Balaban J connectivity index is 1.19. The predicted octanol–water partition coefficient (Wildman–Crippen LogP) is 3.75. The molecule has 0 spiro atoms. The average Bonchev–Trinajstić information content (AvgIpc) is 3.38. The van der Waals surface area contributed by atoms with E-state index in [1.807, 2.05) is 25.1 Å². The Bertz CT molecular complexity index is 1220. The van der Waals surface area contributed by atoms with Gasteiger partial charge in [0.15, 0.2) is 11.5 Å². The summed E-state index contributed by atoms with van der Waals surface area (Å²) in [5.41, 5.74) is 2.12. The minimum absolute atomic E-state index is 0.0461. The van der Waals surface area contributed by atoms with Crippen LogP contribution in [0.1, 0.15) is 47.6 Å². The number of aromatic nitrogens is 2. The van der Waals surface area contributed by atoms with Gasteiger partial charge in [-0.05, 0) is 48.9 Å². The van der Waals surface area contributed by atoms with E-state index in [1.54, 1.807) is 11.3 Å². The minimum Gasteiger partial charge on any atom is -0.486 e. The van der Waals surface area contributed by atoms with Gasteiger partial charge in [-0.3, -0.25) is 9.59 Å². The number of hydrogen-bond acceptors (Lipinski definition) is 7. The summed E-state index contributed by atoms with van der Waals surface area (Å²) in [6, 6.07) is 5.71. The van der Waals surface area contributed by atoms with Crippen LogP contribution in [-0.2, 0) is 23.4 Å². The molecule has 3 heterocycles. The fourth-order valence-electron chi connectivity index (χ4n) is 4.29. The Kier molecular flexibility index (Phi) is 6.10. The van der Waals surface area contributed by atoms with E-state index in [2.05, 4.69) is 15.3 Å². The second-order valence-electron chi connectivity index (χ2n) is 7.97. The van der Waals surface area contributed by atoms with Crippen molar-refractivity contribution in [3.63, 3.8) is 0 Å². The van der Waals surface area contributed by atoms with Gasteiger partial charge in [-0.1, -0.05) is 13.0 Å². The van der Waals surface area contributed by atoms with Crippen molar-refractivity contribution in [3.05, 3.63) is 50.4 Å². The number of carbonyl (C=O) groups is 1. The molecule has 1 aliphatic heterocycles. The van der Waals surface area contributed by atoms with Crippen LogP contribution in [0, 0.1) is 0 Å². The molecule has 32 heavy (non-hydrogen) atoms. The lowest BCUT2D eigenvalue weighted by molar-refractivity contribution is -0.119. The quantitative estimate of drug-likeness (QED) is 0.545. The SMILES string of the molecule is CCC(NC(=O)CSCc1nc2sc3c(c2c(=O)[nH]1)CCC3)c1ccc2c(c1)OCCO2. The highest BCUT2D eigenvalue weighted by molar-refractivity contribution is 7.99. The Labute approximate surface area is 193 Å². The molecule has 3 aromatic rings. The topological polar surface area (TPSA) is 93.3 Å². The number of fused-ring (bicyclic) bond motifs is 4. The first-order valence-corrected chi connectivity index (χ1v) is 12.9. The summed E-state index contributed by atoms with van der Waals surface area (Å²) in [7, 11) is 0. The summed E-state index contributed by atoms with van der Waals surface area (Å²) < 4.78 is 11.2. The van der Waals surface area contributed by atoms with Crippen LogP contribution in [0.4, 0.5) is 0 Å². The zero-order valence-electron chi connectivity index (χ0n) is 17.9. The second-order valence-corrected chi connectivity index (χ2v) is 10.0. The summed E-state index contributed by atoms with van der Waals surface area (Å²) in [6.07, 6.45) is 3.90. The molecule has 2 aromatic heterocycles. The molecule has 0 bridgehead atoms. The fourth-order valence-corrected chi connectivity index (χ4v) is 6.27. The first-order valence-electron chi connectivity index (χ1n) is 10.9. The molecule has 2 aliphatic rings. The third-order valence-corrected chi connectivity index (χ3v) is 7.94. The molecule has 0 fully saturated rings. The van der Waals surface area contributed by atoms with Gasteiger partial charge < -0.3 is 19.8 Å². The van der Waals surface area contributed by atoms with Crippen LogP contribution in [0.5, 0.6) is 11.5 Å². The van der Waals surface area contributed by atoms with Gasteiger partial charge in [0.1, 0.15) is 23.9 Å². The van der Waals surface area contributed by atoms with Gasteiger partial charge in [0.25, 0.3) is 5.56 Å². The zero-order chi connectivity index (χ0) is 22.1. The van der Waals surface area contributed by atoms with Crippen molar-refractivity contribution in [2.75, 3.05) is 19.0 Å². The smallest absolute Gasteiger partial charge is 0.259 e. The maximum absolute atomic E-state index is 12.6. The van der Waals surface area contributed by atoms with Gasteiger partial charge in [-0.15, -0.1) is 23.1 Å². The summed E-state index contributed by atoms with van der Waals surface area (Å²) in [4.78, 5) is 34.8. The molecule has 1 unspecified atom stereocenters. The fraction of sp³-hybridized carbons (Fsp3) is 0.435. The van der Waals surface area contributed by atoms with Crippen LogP contribution in [-0.4, -0.2) is 34.8 Å². The highest BCUT2D eigenvalue weighted by Crippen LogP contribution is 2.35. The Morgan fingerprint density at radius 2 is 2.12 bits per heavy atom. The van der Waals surface area contributed by atoms with Gasteiger partial charge in [0, 0.05) is 4.88 Å². The molecule has 1 aliphatic carbocycles. The lowest BCUT2D eigenvalue weighted by atomic mass is 10.0. The van der Waals surface area contributed by atoms with Crippen LogP contribution >= 0.6 is 23.1 Å². The van der Waals surface area contributed by atoms with Gasteiger partial charge >= 0.3 is 0 Å². The van der Waals surface area contributed by atoms with Crippen molar-refractivity contribution in [1.29, 1.82) is 0 Å². The first-order chi connectivity index (χ1) is 15.6. The van der Waals surface area contributed by atoms with E-state index in [0.717, 1.165) is 53.0 Å². The van der Waals surface area contributed by atoms with Crippen molar-refractivity contribution in [3.8, 4) is 11.5 Å². The van der Waals surface area contributed by atoms with E-state index < -0.39 is 0 Å². The Hall–Kier alpha value is -2.52. The lowest BCUT2D eigenvalue weighted by Gasteiger charge is -2.22. The van der Waals surface area contributed by atoms with Crippen LogP contribution in [0.25, 0.3) is 10.2 Å². The summed E-state index contributed by atoms with van der Waals surface area (Å²) >= 11 is 3.08. The number of ether oxygens (including phenoxy) is 2. The number of hydrogen-bond donors (Lipinski definition) is 2. The van der Waals surface area contributed by atoms with Crippen molar-refractivity contribution in [1.82, 2.24) is 15.3 Å². The molecular formula is C23H25N3O4S2. The molecule has 2 N–H and O–H groups in total. The lowest BCUT2D eigenvalue weighted by Crippen LogP contribution is -2.29. The van der Waals surface area contributed by atoms with Crippen LogP contribution in [0.2, 0.25) is 0 Å². The van der Waals surface area contributed by atoms with Crippen molar-refractivity contribution >= 4 is 39.2 Å². The van der Waals surface area contributed by atoms with Crippen molar-refractivity contribution < 1.29 is 14.3 Å². The number of nitrogens with one attached hydrogen (secondary N) is 2. The van der Waals surface area contributed by atoms with Crippen molar-refractivity contribution in [2.45, 2.75) is 44.4 Å². The van der Waals surface area contributed by atoms with E-state index in [0.29, 0.717) is 30.5 Å². The molecule has 168 valence electrons. The maximum Gasteiger partial charge on any atom is 0.259 e. The largest absolute Gasteiger partial charge is 0.486 e. The van der Waals surface area contributed by atoms with Gasteiger partial charge in [-0.2, -0.15) is 0 Å². The third kappa shape index (κ3) is 4.23. The van der Waals surface area contributed by atoms with Crippen LogP contribution in [0.15, 0.2) is 23.0 Å². The minimum atomic E-state index is -0.0956. The second kappa shape index (κ2) is 9.15. The van der Waals surface area contributed by atoms with E-state index >= 15 is 0 Å². The number of aryl methyl sites for hydroxylation is 2. The number of rotatable bonds is 7. The summed E-state index contributed by atoms with van der Waals surface area (Å²) in [6.45, 7) is 3.13. The molecule has 0 saturated heterocycles. The highest BCUT2D eigenvalue weighted by Gasteiger charge is 2.21. The molecule has 1 amide bonds. The summed E-state index contributed by atoms with van der Waals surface area (Å²) in [5.74, 6) is 2.83. The first kappa shape index (κ1) is 21.3. The molecule has 9 heteroatoms. The number of carbonyl (C=O) groups excluding carboxylic acids is 1. The molecule has 0 saturated carbocycles. The summed E-state index contributed by atoms with van der Waals surface area (Å²) in [5, 5.41) is 3.86. The number of thiophene rings is 1. The molecule has 1 aromatic carbocycles. The van der Waals surface area contributed by atoms with Gasteiger partial charge in [0.2, 0.25) is 5.91 Å². The van der Waals surface area contributed by atoms with Crippen LogP contribution < -0.4 is 20.3 Å². The van der Waals surface area contributed by atoms with E-state index in [9.17, 15) is 9.59 Å². The Morgan fingerprint density at radius 1 is 1.28 bits per heavy atom. The number of benzene rings is 1. The van der Waals surface area contributed by atoms with E-state index in [4.69, 9.17) is 9.47 Å². The maximum atomic E-state index is 12.6. The predicted molar refractivity (Wildman–Crippen MR) is 127 cm³/mol. The highest BCUT2D eigenvalue weighted by atomic mass is 32.2. The molecule has 7 nitrogen and oxygen atoms in total. The normalized spacial score (nSPS) is 15.5. The molecule has 5 rings (SSSR count). The van der Waals surface area contributed by atoms with E-state index in [-0.39, 0.29) is 17.5 Å². The van der Waals surface area contributed by atoms with Crippen molar-refractivity contribution in [2.24, 2.45) is 0 Å². The number of H-pyrrole nitrogens is 1. The number of thioether (sulfide) groups is 1. The Morgan fingerprint density at radius 3 is 2.97 bits per heavy atom. The zero-order valence-corrected chi connectivity index (χ0v) is 19.5. The molecule has 1 atom stereocenters. The number of nitrogens with zero attached hydrogens (tertiary/aromatic N) is 1. The van der Waals surface area contributed by atoms with Gasteiger partial charge in [0.05, 0.1) is 22.9 Å². The molecular weight excluding hydrogens is 446 g/mol. The molecule has 0 radical (unpaired) electrons. The monoisotopic (exact) mass is 471 g/mol. The standard InChI is InChI=1S/C23H25N3O4S2/c1-2-15(13-6-7-16-17(10-13)30-9-8-29-16)24-20(27)12-31-11-19-25-22(28)21-14-4-3-5-18(14)32-23(21)26-19/h6-7,10,15H,2-5,8-9,11-12H2,1H3,(H,24,27)(H,25,26,28). The van der Waals surface area contributed by atoms with E-state index in [1.165, 1.54) is 22.2 Å². The number of amides is 1. The number of aromatic amines is 1. The average molecular weight is 472 g/mol. The van der Waals surface area contributed by atoms with Crippen LogP contribution in [0.3, 0.4) is 0 Å². The third-order valence-electron chi connectivity index (χ3n) is 5.81.